The van der Waals surface area contributed by atoms with E-state index >= 15 is 0 Å². The van der Waals surface area contributed by atoms with E-state index < -0.39 is 0 Å². The standard InChI is InChI=1S/C20H24N6OS/c1-12-23-9-7-15(24-12)26-10-4-8-20(2,11-26)14-6-5-13-16(21)17(18(27)22-3)28-19(13)25-14/h5-7,9H,4,8,10-11,21H2,1-3H3,(H,22,27)/t20-/m1/s1. The van der Waals surface area contributed by atoms with E-state index in [4.69, 9.17) is 10.7 Å². The van der Waals surface area contributed by atoms with Crippen LogP contribution >= 0.6 is 11.3 Å². The number of carbonyl (C=O) groups excluding carboxylic acids is 1. The number of amides is 1. The second-order valence-electron chi connectivity index (χ2n) is 7.52. The van der Waals surface area contributed by atoms with Gasteiger partial charge < -0.3 is 16.0 Å². The van der Waals surface area contributed by atoms with E-state index in [9.17, 15) is 4.79 Å². The fraction of sp³-hybridized carbons (Fsp3) is 0.400. The van der Waals surface area contributed by atoms with Crippen molar-refractivity contribution in [3.8, 4) is 0 Å². The molecule has 0 bridgehead atoms. The summed E-state index contributed by atoms with van der Waals surface area (Å²) in [6, 6.07) is 6.01. The van der Waals surface area contributed by atoms with Gasteiger partial charge in [-0.05, 0) is 38.0 Å². The van der Waals surface area contributed by atoms with Crippen molar-refractivity contribution in [3.05, 3.63) is 40.8 Å². The van der Waals surface area contributed by atoms with Crippen molar-refractivity contribution in [1.82, 2.24) is 20.3 Å². The number of anilines is 2. The number of carbonyl (C=O) groups is 1. The van der Waals surface area contributed by atoms with E-state index in [0.717, 1.165) is 53.5 Å². The summed E-state index contributed by atoms with van der Waals surface area (Å²) in [5.41, 5.74) is 7.61. The number of nitrogens with one attached hydrogen (secondary N) is 1. The highest BCUT2D eigenvalue weighted by atomic mass is 32.1. The van der Waals surface area contributed by atoms with Crippen LogP contribution in [0.3, 0.4) is 0 Å². The van der Waals surface area contributed by atoms with Crippen molar-refractivity contribution in [2.45, 2.75) is 32.1 Å². The van der Waals surface area contributed by atoms with Gasteiger partial charge in [0.05, 0.1) is 5.69 Å². The summed E-state index contributed by atoms with van der Waals surface area (Å²) in [5.74, 6) is 1.57. The maximum absolute atomic E-state index is 12.1. The number of hydrogen-bond acceptors (Lipinski definition) is 7. The number of fused-ring (bicyclic) bond motifs is 1. The van der Waals surface area contributed by atoms with Gasteiger partial charge in [0.15, 0.2) is 0 Å². The number of aromatic nitrogens is 3. The molecular formula is C20H24N6OS. The molecule has 28 heavy (non-hydrogen) atoms. The van der Waals surface area contributed by atoms with Crippen molar-refractivity contribution < 1.29 is 4.79 Å². The molecule has 4 heterocycles. The fourth-order valence-corrected chi connectivity index (χ4v) is 4.92. The summed E-state index contributed by atoms with van der Waals surface area (Å²) in [5, 5.41) is 3.48. The molecule has 7 nitrogen and oxygen atoms in total. The smallest absolute Gasteiger partial charge is 0.263 e. The van der Waals surface area contributed by atoms with Gasteiger partial charge in [0.1, 0.15) is 21.3 Å². The Morgan fingerprint density at radius 1 is 1.32 bits per heavy atom. The van der Waals surface area contributed by atoms with Crippen LogP contribution < -0.4 is 16.0 Å². The first-order valence-corrected chi connectivity index (χ1v) is 10.2. The Kier molecular flexibility index (Phi) is 4.66. The molecule has 1 aliphatic heterocycles. The fourth-order valence-electron chi connectivity index (χ4n) is 3.88. The van der Waals surface area contributed by atoms with Crippen LogP contribution in [0.25, 0.3) is 10.2 Å². The molecule has 8 heteroatoms. The molecule has 0 radical (unpaired) electrons. The summed E-state index contributed by atoms with van der Waals surface area (Å²) >= 11 is 1.35. The van der Waals surface area contributed by atoms with Crippen LogP contribution in [0, 0.1) is 6.92 Å². The number of nitrogen functional groups attached to an aromatic ring is 1. The third-order valence-electron chi connectivity index (χ3n) is 5.43. The van der Waals surface area contributed by atoms with Crippen LogP contribution in [-0.4, -0.2) is 41.0 Å². The second-order valence-corrected chi connectivity index (χ2v) is 8.52. The highest BCUT2D eigenvalue weighted by molar-refractivity contribution is 7.21. The Morgan fingerprint density at radius 2 is 2.14 bits per heavy atom. The van der Waals surface area contributed by atoms with Gasteiger partial charge in [0.2, 0.25) is 0 Å². The molecule has 1 fully saturated rings. The second kappa shape index (κ2) is 7.01. The maximum atomic E-state index is 12.1. The number of nitrogens with two attached hydrogens (primary N) is 1. The van der Waals surface area contributed by atoms with Crippen molar-refractivity contribution in [2.24, 2.45) is 0 Å². The lowest BCUT2D eigenvalue weighted by atomic mass is 9.78. The zero-order chi connectivity index (χ0) is 19.9. The Labute approximate surface area is 168 Å². The van der Waals surface area contributed by atoms with Gasteiger partial charge in [-0.2, -0.15) is 0 Å². The van der Waals surface area contributed by atoms with E-state index in [1.165, 1.54) is 11.3 Å². The van der Waals surface area contributed by atoms with Crippen molar-refractivity contribution >= 4 is 39.0 Å². The summed E-state index contributed by atoms with van der Waals surface area (Å²) in [4.78, 5) is 29.4. The molecule has 3 aromatic rings. The Bertz CT molecular complexity index is 1050. The number of aryl methyl sites for hydroxylation is 1. The Morgan fingerprint density at radius 3 is 2.89 bits per heavy atom. The van der Waals surface area contributed by atoms with Crippen LogP contribution in [0.5, 0.6) is 0 Å². The Hall–Kier alpha value is -2.74. The zero-order valence-electron chi connectivity index (χ0n) is 16.3. The molecule has 0 aromatic carbocycles. The number of nitrogens with zero attached hydrogens (tertiary/aromatic N) is 4. The molecule has 0 saturated carbocycles. The molecule has 4 rings (SSSR count). The molecule has 0 aliphatic carbocycles. The first-order valence-electron chi connectivity index (χ1n) is 9.37. The summed E-state index contributed by atoms with van der Waals surface area (Å²) in [6.07, 6.45) is 3.92. The molecule has 1 aliphatic rings. The molecule has 1 amide bonds. The SMILES string of the molecule is CNC(=O)c1sc2nc([C@]3(C)CCCN(c4ccnc(C)n4)C3)ccc2c1N. The highest BCUT2D eigenvalue weighted by Gasteiger charge is 2.35. The molecule has 1 atom stereocenters. The molecule has 1 saturated heterocycles. The average molecular weight is 397 g/mol. The number of piperidine rings is 1. The normalized spacial score (nSPS) is 19.8. The van der Waals surface area contributed by atoms with Gasteiger partial charge in [-0.15, -0.1) is 11.3 Å². The van der Waals surface area contributed by atoms with E-state index in [1.807, 2.05) is 31.3 Å². The predicted octanol–water partition coefficient (Wildman–Crippen LogP) is 2.89. The minimum Gasteiger partial charge on any atom is -0.397 e. The lowest BCUT2D eigenvalue weighted by Gasteiger charge is -2.40. The van der Waals surface area contributed by atoms with E-state index in [-0.39, 0.29) is 11.3 Å². The van der Waals surface area contributed by atoms with Gasteiger partial charge in [-0.3, -0.25) is 4.79 Å². The molecule has 0 spiro atoms. The van der Waals surface area contributed by atoms with Crippen LogP contribution in [0.15, 0.2) is 24.4 Å². The summed E-state index contributed by atoms with van der Waals surface area (Å²) in [6.45, 7) is 5.97. The maximum Gasteiger partial charge on any atom is 0.263 e. The number of rotatable bonds is 3. The van der Waals surface area contributed by atoms with E-state index in [0.29, 0.717) is 10.6 Å². The lowest BCUT2D eigenvalue weighted by molar-refractivity contribution is 0.0968. The molecule has 146 valence electrons. The van der Waals surface area contributed by atoms with Gasteiger partial charge in [-0.1, -0.05) is 6.92 Å². The number of hydrogen-bond donors (Lipinski definition) is 2. The largest absolute Gasteiger partial charge is 0.397 e. The number of thiophene rings is 1. The monoisotopic (exact) mass is 396 g/mol. The van der Waals surface area contributed by atoms with Crippen LogP contribution in [0.4, 0.5) is 11.5 Å². The van der Waals surface area contributed by atoms with Gasteiger partial charge in [0.25, 0.3) is 5.91 Å². The third-order valence-corrected chi connectivity index (χ3v) is 6.54. The van der Waals surface area contributed by atoms with Crippen LogP contribution in [-0.2, 0) is 5.41 Å². The molecule has 3 N–H and O–H groups in total. The van der Waals surface area contributed by atoms with Crippen molar-refractivity contribution in [3.63, 3.8) is 0 Å². The van der Waals surface area contributed by atoms with Crippen LogP contribution in [0.1, 0.15) is 41.0 Å². The van der Waals surface area contributed by atoms with Gasteiger partial charge in [0, 0.05) is 42.8 Å². The van der Waals surface area contributed by atoms with Gasteiger partial charge in [-0.25, -0.2) is 15.0 Å². The topological polar surface area (TPSA) is 97.0 Å². The summed E-state index contributed by atoms with van der Waals surface area (Å²) < 4.78 is 0. The third kappa shape index (κ3) is 3.17. The molecule has 3 aromatic heterocycles. The Balaban J connectivity index is 1.68. The number of pyridine rings is 1. The van der Waals surface area contributed by atoms with Crippen molar-refractivity contribution in [1.29, 1.82) is 0 Å². The molecule has 0 unspecified atom stereocenters. The van der Waals surface area contributed by atoms with Gasteiger partial charge >= 0.3 is 0 Å². The van der Waals surface area contributed by atoms with Crippen LogP contribution in [0.2, 0.25) is 0 Å². The van der Waals surface area contributed by atoms with Crippen molar-refractivity contribution in [2.75, 3.05) is 30.8 Å². The average Bonchev–Trinajstić information content (AvgIpc) is 3.03. The zero-order valence-corrected chi connectivity index (χ0v) is 17.1. The van der Waals surface area contributed by atoms with E-state index in [1.54, 1.807) is 7.05 Å². The summed E-state index contributed by atoms with van der Waals surface area (Å²) in [7, 11) is 1.61. The van der Waals surface area contributed by atoms with E-state index in [2.05, 4.69) is 27.1 Å². The highest BCUT2D eigenvalue weighted by Crippen LogP contribution is 2.38. The first-order chi connectivity index (χ1) is 13.4. The lowest BCUT2D eigenvalue weighted by Crippen LogP contribution is -2.45. The minimum atomic E-state index is -0.170. The molecular weight excluding hydrogens is 372 g/mol. The predicted molar refractivity (Wildman–Crippen MR) is 113 cm³/mol. The quantitative estimate of drug-likeness (QED) is 0.707. The first kappa shape index (κ1) is 18.6. The minimum absolute atomic E-state index is 0.1000.